The van der Waals surface area contributed by atoms with Gasteiger partial charge in [-0.05, 0) is 57.6 Å². The number of amides is 1. The van der Waals surface area contributed by atoms with E-state index in [9.17, 15) is 4.79 Å². The lowest BCUT2D eigenvalue weighted by atomic mass is 9.93. The summed E-state index contributed by atoms with van der Waals surface area (Å²) in [5.41, 5.74) is 4.93. The highest BCUT2D eigenvalue weighted by molar-refractivity contribution is 5.94. The molecule has 1 fully saturated rings. The molecular formula is C20H23N3O. The standard InChI is InChI=1S/C20H23N3O/c1-12-4-8-17(9-5-12)23-14(3)19(13(2)22-23)21-20(24)18-11-15-6-7-16(18)10-15/h4-9,15-16,18H,10-11H2,1-3H3,(H,21,24)/t15-,16-,18+/m0/s1. The first-order valence-electron chi connectivity index (χ1n) is 8.65. The number of aromatic nitrogens is 2. The molecule has 4 nitrogen and oxygen atoms in total. The molecule has 3 atom stereocenters. The minimum absolute atomic E-state index is 0.113. The van der Waals surface area contributed by atoms with Gasteiger partial charge < -0.3 is 5.32 Å². The van der Waals surface area contributed by atoms with Crippen LogP contribution in [0.3, 0.4) is 0 Å². The number of hydrogen-bond donors (Lipinski definition) is 1. The van der Waals surface area contributed by atoms with E-state index in [1.807, 2.05) is 18.5 Å². The third-order valence-electron chi connectivity index (χ3n) is 5.43. The third-order valence-corrected chi connectivity index (χ3v) is 5.43. The molecule has 2 aliphatic carbocycles. The van der Waals surface area contributed by atoms with E-state index in [1.165, 1.54) is 5.56 Å². The van der Waals surface area contributed by atoms with Crippen molar-refractivity contribution in [3.63, 3.8) is 0 Å². The molecule has 4 heteroatoms. The van der Waals surface area contributed by atoms with E-state index in [2.05, 4.69) is 53.8 Å². The predicted molar refractivity (Wildman–Crippen MR) is 95.2 cm³/mol. The second-order valence-electron chi connectivity index (χ2n) is 7.17. The van der Waals surface area contributed by atoms with E-state index in [0.29, 0.717) is 11.8 Å². The molecule has 1 saturated carbocycles. The maximum Gasteiger partial charge on any atom is 0.228 e. The Kier molecular flexibility index (Phi) is 3.56. The van der Waals surface area contributed by atoms with Crippen LogP contribution in [-0.4, -0.2) is 15.7 Å². The lowest BCUT2D eigenvalue weighted by Crippen LogP contribution is -2.26. The first kappa shape index (κ1) is 15.2. The van der Waals surface area contributed by atoms with Gasteiger partial charge in [0.25, 0.3) is 0 Å². The quantitative estimate of drug-likeness (QED) is 0.870. The summed E-state index contributed by atoms with van der Waals surface area (Å²) < 4.78 is 1.91. The van der Waals surface area contributed by atoms with Crippen LogP contribution in [0.4, 0.5) is 5.69 Å². The summed E-state index contributed by atoms with van der Waals surface area (Å²) in [4.78, 5) is 12.7. The van der Waals surface area contributed by atoms with Crippen LogP contribution in [0, 0.1) is 38.5 Å². The molecule has 2 aliphatic rings. The van der Waals surface area contributed by atoms with Gasteiger partial charge in [0.1, 0.15) is 0 Å². The van der Waals surface area contributed by atoms with E-state index in [1.54, 1.807) is 0 Å². The highest BCUT2D eigenvalue weighted by atomic mass is 16.1. The number of carbonyl (C=O) groups is 1. The van der Waals surface area contributed by atoms with Gasteiger partial charge in [0.05, 0.1) is 22.8 Å². The van der Waals surface area contributed by atoms with Crippen LogP contribution in [0.25, 0.3) is 5.69 Å². The first-order chi connectivity index (χ1) is 11.5. The third kappa shape index (κ3) is 2.46. The Hall–Kier alpha value is -2.36. The number of hydrogen-bond acceptors (Lipinski definition) is 2. The summed E-state index contributed by atoms with van der Waals surface area (Å²) in [6.45, 7) is 6.03. The van der Waals surface area contributed by atoms with Crippen molar-refractivity contribution in [1.29, 1.82) is 0 Å². The fourth-order valence-corrected chi connectivity index (χ4v) is 4.06. The zero-order valence-corrected chi connectivity index (χ0v) is 14.4. The molecule has 24 heavy (non-hydrogen) atoms. The Balaban J connectivity index is 1.59. The molecule has 1 N–H and O–H groups in total. The maximum atomic E-state index is 12.7. The lowest BCUT2D eigenvalue weighted by molar-refractivity contribution is -0.120. The van der Waals surface area contributed by atoms with Crippen molar-refractivity contribution in [2.75, 3.05) is 5.32 Å². The maximum absolute atomic E-state index is 12.7. The molecule has 2 aromatic rings. The molecular weight excluding hydrogens is 298 g/mol. The minimum atomic E-state index is 0.113. The van der Waals surface area contributed by atoms with E-state index >= 15 is 0 Å². The van der Waals surface area contributed by atoms with Crippen LogP contribution in [-0.2, 0) is 4.79 Å². The molecule has 1 heterocycles. The van der Waals surface area contributed by atoms with Crippen molar-refractivity contribution in [2.24, 2.45) is 17.8 Å². The Morgan fingerprint density at radius 1 is 1.12 bits per heavy atom. The zero-order chi connectivity index (χ0) is 16.8. The van der Waals surface area contributed by atoms with E-state index in [-0.39, 0.29) is 11.8 Å². The van der Waals surface area contributed by atoms with Crippen molar-refractivity contribution >= 4 is 11.6 Å². The Labute approximate surface area is 142 Å². The number of nitrogens with one attached hydrogen (secondary N) is 1. The largest absolute Gasteiger partial charge is 0.323 e. The number of rotatable bonds is 3. The van der Waals surface area contributed by atoms with Crippen molar-refractivity contribution in [3.05, 3.63) is 53.4 Å². The van der Waals surface area contributed by atoms with Gasteiger partial charge in [0.2, 0.25) is 5.91 Å². The van der Waals surface area contributed by atoms with Gasteiger partial charge in [0, 0.05) is 5.92 Å². The van der Waals surface area contributed by atoms with Gasteiger partial charge in [-0.15, -0.1) is 0 Å². The fourth-order valence-electron chi connectivity index (χ4n) is 4.06. The Bertz CT molecular complexity index is 816. The summed E-state index contributed by atoms with van der Waals surface area (Å²) in [6, 6.07) is 8.26. The zero-order valence-electron chi connectivity index (χ0n) is 14.4. The monoisotopic (exact) mass is 321 g/mol. The number of allylic oxidation sites excluding steroid dienone is 2. The highest BCUT2D eigenvalue weighted by Gasteiger charge is 2.40. The number of fused-ring (bicyclic) bond motifs is 2. The molecule has 2 bridgehead atoms. The van der Waals surface area contributed by atoms with E-state index in [0.717, 1.165) is 35.6 Å². The summed E-state index contributed by atoms with van der Waals surface area (Å²) in [7, 11) is 0. The molecule has 1 aromatic carbocycles. The van der Waals surface area contributed by atoms with Gasteiger partial charge >= 0.3 is 0 Å². The average Bonchev–Trinajstić information content (AvgIpc) is 3.26. The fraction of sp³-hybridized carbons (Fsp3) is 0.400. The van der Waals surface area contributed by atoms with Crippen LogP contribution in [0.5, 0.6) is 0 Å². The van der Waals surface area contributed by atoms with Gasteiger partial charge in [-0.3, -0.25) is 4.79 Å². The van der Waals surface area contributed by atoms with Gasteiger partial charge in [-0.2, -0.15) is 5.10 Å². The molecule has 0 spiro atoms. The molecule has 1 amide bonds. The van der Waals surface area contributed by atoms with Crippen molar-refractivity contribution in [1.82, 2.24) is 9.78 Å². The minimum Gasteiger partial charge on any atom is -0.323 e. The van der Waals surface area contributed by atoms with Crippen LogP contribution >= 0.6 is 0 Å². The van der Waals surface area contributed by atoms with Crippen LogP contribution in [0.1, 0.15) is 29.8 Å². The smallest absolute Gasteiger partial charge is 0.228 e. The molecule has 0 radical (unpaired) electrons. The number of carbonyl (C=O) groups excluding carboxylic acids is 1. The number of anilines is 1. The van der Waals surface area contributed by atoms with Crippen molar-refractivity contribution < 1.29 is 4.79 Å². The predicted octanol–water partition coefficient (Wildman–Crippen LogP) is 3.95. The Morgan fingerprint density at radius 2 is 1.88 bits per heavy atom. The van der Waals surface area contributed by atoms with Crippen LogP contribution < -0.4 is 5.32 Å². The summed E-state index contributed by atoms with van der Waals surface area (Å²) in [5.74, 6) is 1.27. The Morgan fingerprint density at radius 3 is 2.50 bits per heavy atom. The first-order valence-corrected chi connectivity index (χ1v) is 8.65. The van der Waals surface area contributed by atoms with Gasteiger partial charge in [-0.25, -0.2) is 4.68 Å². The van der Waals surface area contributed by atoms with Crippen LogP contribution in [0.15, 0.2) is 36.4 Å². The van der Waals surface area contributed by atoms with Crippen molar-refractivity contribution in [2.45, 2.75) is 33.6 Å². The molecule has 0 unspecified atom stereocenters. The molecule has 0 saturated heterocycles. The normalized spacial score (nSPS) is 24.5. The lowest BCUT2D eigenvalue weighted by Gasteiger charge is -2.17. The average molecular weight is 321 g/mol. The van der Waals surface area contributed by atoms with Gasteiger partial charge in [0.15, 0.2) is 0 Å². The molecule has 4 rings (SSSR count). The van der Waals surface area contributed by atoms with Crippen molar-refractivity contribution in [3.8, 4) is 5.69 Å². The number of aryl methyl sites for hydroxylation is 2. The number of benzene rings is 1. The van der Waals surface area contributed by atoms with E-state index < -0.39 is 0 Å². The second-order valence-corrected chi connectivity index (χ2v) is 7.17. The number of nitrogens with zero attached hydrogens (tertiary/aromatic N) is 2. The van der Waals surface area contributed by atoms with Crippen LogP contribution in [0.2, 0.25) is 0 Å². The summed E-state index contributed by atoms with van der Waals surface area (Å²) in [5, 5.41) is 7.78. The topological polar surface area (TPSA) is 46.9 Å². The molecule has 0 aliphatic heterocycles. The summed E-state index contributed by atoms with van der Waals surface area (Å²) >= 11 is 0. The highest BCUT2D eigenvalue weighted by Crippen LogP contribution is 2.44. The molecule has 124 valence electrons. The van der Waals surface area contributed by atoms with E-state index in [4.69, 9.17) is 0 Å². The SMILES string of the molecule is Cc1ccc(-n2nc(C)c(NC(=O)[C@@H]3C[C@H]4C=C[C@H]3C4)c2C)cc1. The van der Waals surface area contributed by atoms with Gasteiger partial charge in [-0.1, -0.05) is 29.8 Å². The summed E-state index contributed by atoms with van der Waals surface area (Å²) in [6.07, 6.45) is 6.60. The second kappa shape index (κ2) is 5.62. The molecule has 1 aromatic heterocycles.